The number of hydrogen-bond acceptors (Lipinski definition) is 2. The van der Waals surface area contributed by atoms with Crippen molar-refractivity contribution >= 4 is 0 Å². The maximum Gasteiger partial charge on any atom is 0.0669 e. The average molecular weight is 291 g/mol. The number of aryl methyl sites for hydroxylation is 1. The zero-order valence-electron chi connectivity index (χ0n) is 14.6. The number of hydrogen-bond donors (Lipinski definition) is 1. The molecule has 0 spiro atoms. The molecule has 1 aliphatic carbocycles. The van der Waals surface area contributed by atoms with Crippen LogP contribution in [0.1, 0.15) is 89.7 Å². The third kappa shape index (κ3) is 4.09. The lowest BCUT2D eigenvalue weighted by molar-refractivity contribution is 0.321. The fourth-order valence-corrected chi connectivity index (χ4v) is 3.40. The molecule has 1 fully saturated rings. The monoisotopic (exact) mass is 291 g/mol. The molecule has 1 heterocycles. The van der Waals surface area contributed by atoms with Gasteiger partial charge in [0.15, 0.2) is 0 Å². The molecule has 0 aromatic carbocycles. The molecule has 2 rings (SSSR count). The van der Waals surface area contributed by atoms with Crippen LogP contribution >= 0.6 is 0 Å². The number of aromatic nitrogens is 2. The molecule has 1 saturated carbocycles. The number of rotatable bonds is 5. The van der Waals surface area contributed by atoms with Crippen molar-refractivity contribution in [3.8, 4) is 0 Å². The quantitative estimate of drug-likeness (QED) is 0.871. The summed E-state index contributed by atoms with van der Waals surface area (Å²) < 4.78 is 2.39. The molecule has 0 aliphatic heterocycles. The Labute approximate surface area is 130 Å². The van der Waals surface area contributed by atoms with Crippen molar-refractivity contribution in [2.45, 2.75) is 97.7 Å². The van der Waals surface area contributed by atoms with E-state index >= 15 is 0 Å². The van der Waals surface area contributed by atoms with Crippen LogP contribution in [-0.2, 0) is 19.4 Å². The average Bonchev–Trinajstić information content (AvgIpc) is 2.83. The van der Waals surface area contributed by atoms with Gasteiger partial charge in [0.05, 0.1) is 11.7 Å². The predicted octanol–water partition coefficient (Wildman–Crippen LogP) is 4.40. The van der Waals surface area contributed by atoms with Crippen LogP contribution in [0.5, 0.6) is 0 Å². The first-order chi connectivity index (χ1) is 9.96. The second-order valence-corrected chi connectivity index (χ2v) is 7.42. The van der Waals surface area contributed by atoms with E-state index < -0.39 is 0 Å². The fraction of sp³-hybridized carbons (Fsp3) is 0.833. The van der Waals surface area contributed by atoms with Gasteiger partial charge in [0.25, 0.3) is 0 Å². The van der Waals surface area contributed by atoms with Crippen LogP contribution in [-0.4, -0.2) is 15.3 Å². The highest BCUT2D eigenvalue weighted by molar-refractivity contribution is 5.27. The van der Waals surface area contributed by atoms with Crippen molar-refractivity contribution in [3.63, 3.8) is 0 Å². The van der Waals surface area contributed by atoms with Gasteiger partial charge in [0.1, 0.15) is 0 Å². The Morgan fingerprint density at radius 3 is 2.29 bits per heavy atom. The van der Waals surface area contributed by atoms with Gasteiger partial charge in [-0.2, -0.15) is 5.10 Å². The molecule has 3 nitrogen and oxygen atoms in total. The summed E-state index contributed by atoms with van der Waals surface area (Å²) in [6.07, 6.45) is 8.88. The summed E-state index contributed by atoms with van der Waals surface area (Å²) in [7, 11) is 0. The van der Waals surface area contributed by atoms with Crippen LogP contribution in [0.15, 0.2) is 0 Å². The summed E-state index contributed by atoms with van der Waals surface area (Å²) in [4.78, 5) is 0. The molecule has 1 aliphatic rings. The van der Waals surface area contributed by atoms with E-state index in [2.05, 4.69) is 44.6 Å². The van der Waals surface area contributed by atoms with Gasteiger partial charge in [-0.25, -0.2) is 0 Å². The van der Waals surface area contributed by atoms with Crippen molar-refractivity contribution in [2.75, 3.05) is 0 Å². The summed E-state index contributed by atoms with van der Waals surface area (Å²) in [5.74, 6) is 0. The Kier molecular flexibility index (Phi) is 5.48. The summed E-state index contributed by atoms with van der Waals surface area (Å²) in [6, 6.07) is 0.641. The molecule has 0 bridgehead atoms. The molecule has 0 atom stereocenters. The lowest BCUT2D eigenvalue weighted by Gasteiger charge is -2.24. The van der Waals surface area contributed by atoms with Gasteiger partial charge < -0.3 is 5.32 Å². The van der Waals surface area contributed by atoms with Crippen LogP contribution in [0.25, 0.3) is 0 Å². The molecule has 0 saturated heterocycles. The zero-order chi connectivity index (χ0) is 15.5. The molecule has 120 valence electrons. The summed E-state index contributed by atoms with van der Waals surface area (Å²) in [6.45, 7) is 12.1. The molecule has 21 heavy (non-hydrogen) atoms. The van der Waals surface area contributed by atoms with Crippen LogP contribution in [0.3, 0.4) is 0 Å². The largest absolute Gasteiger partial charge is 0.308 e. The van der Waals surface area contributed by atoms with Gasteiger partial charge in [0.2, 0.25) is 0 Å². The Morgan fingerprint density at radius 1 is 1.10 bits per heavy atom. The number of nitrogens with one attached hydrogen (secondary N) is 1. The predicted molar refractivity (Wildman–Crippen MR) is 89.7 cm³/mol. The first kappa shape index (κ1) is 16.5. The minimum absolute atomic E-state index is 0.156. The van der Waals surface area contributed by atoms with E-state index in [4.69, 9.17) is 5.10 Å². The summed E-state index contributed by atoms with van der Waals surface area (Å²) in [5, 5.41) is 8.65. The molecule has 0 unspecified atom stereocenters. The van der Waals surface area contributed by atoms with Gasteiger partial charge in [-0.05, 0) is 46.5 Å². The van der Waals surface area contributed by atoms with E-state index in [1.54, 1.807) is 0 Å². The summed E-state index contributed by atoms with van der Waals surface area (Å²) in [5.41, 5.74) is 4.38. The Morgan fingerprint density at radius 2 is 1.76 bits per heavy atom. The molecule has 1 N–H and O–H groups in total. The number of nitrogens with zero attached hydrogens (tertiary/aromatic N) is 2. The molecule has 1 aromatic heterocycles. The Balaban J connectivity index is 2.27. The van der Waals surface area contributed by atoms with Crippen molar-refractivity contribution in [1.29, 1.82) is 0 Å². The van der Waals surface area contributed by atoms with Crippen molar-refractivity contribution in [1.82, 2.24) is 15.1 Å². The van der Waals surface area contributed by atoms with Gasteiger partial charge >= 0.3 is 0 Å². The van der Waals surface area contributed by atoms with E-state index in [-0.39, 0.29) is 5.54 Å². The second kappa shape index (κ2) is 6.95. The van der Waals surface area contributed by atoms with E-state index in [0.29, 0.717) is 6.04 Å². The Hall–Kier alpha value is -0.830. The van der Waals surface area contributed by atoms with Crippen LogP contribution in [0.4, 0.5) is 0 Å². The highest BCUT2D eigenvalue weighted by Crippen LogP contribution is 2.31. The first-order valence-corrected chi connectivity index (χ1v) is 8.80. The zero-order valence-corrected chi connectivity index (χ0v) is 14.6. The van der Waals surface area contributed by atoms with Crippen LogP contribution < -0.4 is 5.32 Å². The minimum Gasteiger partial charge on any atom is -0.308 e. The minimum atomic E-state index is 0.156. The van der Waals surface area contributed by atoms with E-state index in [1.165, 1.54) is 49.1 Å². The lowest BCUT2D eigenvalue weighted by atomic mass is 9.95. The molecular weight excluding hydrogens is 258 g/mol. The van der Waals surface area contributed by atoms with E-state index in [9.17, 15) is 0 Å². The van der Waals surface area contributed by atoms with Gasteiger partial charge in [-0.15, -0.1) is 0 Å². The normalized spacial score (nSPS) is 17.4. The SMILES string of the molecule is CCc1nn(C2CCCCC2)c(CC)c1CNC(C)(C)C. The fourth-order valence-electron chi connectivity index (χ4n) is 3.40. The molecule has 0 amide bonds. The molecule has 1 aromatic rings. The standard InChI is InChI=1S/C18H33N3/c1-6-16-15(13-19-18(3,4)5)17(7-2)21(20-16)14-11-9-8-10-12-14/h14,19H,6-13H2,1-5H3. The maximum atomic E-state index is 5.00. The Bertz CT molecular complexity index is 448. The second-order valence-electron chi connectivity index (χ2n) is 7.42. The first-order valence-electron chi connectivity index (χ1n) is 8.80. The van der Waals surface area contributed by atoms with Crippen LogP contribution in [0.2, 0.25) is 0 Å². The smallest absolute Gasteiger partial charge is 0.0669 e. The van der Waals surface area contributed by atoms with Gasteiger partial charge in [0, 0.05) is 23.3 Å². The van der Waals surface area contributed by atoms with Crippen molar-refractivity contribution in [2.24, 2.45) is 0 Å². The third-order valence-electron chi connectivity index (χ3n) is 4.59. The summed E-state index contributed by atoms with van der Waals surface area (Å²) >= 11 is 0. The van der Waals surface area contributed by atoms with Crippen molar-refractivity contribution in [3.05, 3.63) is 17.0 Å². The molecular formula is C18H33N3. The van der Waals surface area contributed by atoms with E-state index in [1.807, 2.05) is 0 Å². The maximum absolute atomic E-state index is 5.00. The third-order valence-corrected chi connectivity index (χ3v) is 4.59. The van der Waals surface area contributed by atoms with Crippen molar-refractivity contribution < 1.29 is 0 Å². The molecule has 3 heteroatoms. The van der Waals surface area contributed by atoms with Gasteiger partial charge in [-0.1, -0.05) is 33.1 Å². The van der Waals surface area contributed by atoms with Gasteiger partial charge in [-0.3, -0.25) is 4.68 Å². The van der Waals surface area contributed by atoms with Crippen LogP contribution in [0, 0.1) is 0 Å². The highest BCUT2D eigenvalue weighted by atomic mass is 15.3. The molecule has 0 radical (unpaired) electrons. The lowest BCUT2D eigenvalue weighted by Crippen LogP contribution is -2.35. The van der Waals surface area contributed by atoms with E-state index in [0.717, 1.165) is 19.4 Å². The highest BCUT2D eigenvalue weighted by Gasteiger charge is 2.23. The topological polar surface area (TPSA) is 29.9 Å².